The van der Waals surface area contributed by atoms with Crippen molar-refractivity contribution in [1.82, 2.24) is 24.1 Å². The Morgan fingerprint density at radius 1 is 1.05 bits per heavy atom. The fraction of sp³-hybridized carbons (Fsp3) is 0.607. The maximum Gasteiger partial charge on any atom is 0.272 e. The quantitative estimate of drug-likeness (QED) is 0.545. The van der Waals surface area contributed by atoms with Gasteiger partial charge in [-0.3, -0.25) is 4.79 Å². The van der Waals surface area contributed by atoms with Gasteiger partial charge in [-0.25, -0.2) is 22.7 Å². The molecule has 2 fully saturated rings. The van der Waals surface area contributed by atoms with Crippen LogP contribution in [0.1, 0.15) is 72.6 Å². The molecule has 1 aromatic heterocycles. The summed E-state index contributed by atoms with van der Waals surface area (Å²) in [6.07, 6.45) is 6.27. The predicted molar refractivity (Wildman–Crippen MR) is 151 cm³/mol. The first-order valence-corrected chi connectivity index (χ1v) is 15.5. The van der Waals surface area contributed by atoms with Crippen molar-refractivity contribution in [3.8, 4) is 0 Å². The number of anilines is 1. The van der Waals surface area contributed by atoms with Crippen LogP contribution >= 0.6 is 0 Å². The van der Waals surface area contributed by atoms with E-state index in [-0.39, 0.29) is 11.9 Å². The van der Waals surface area contributed by atoms with E-state index in [2.05, 4.69) is 58.3 Å². The van der Waals surface area contributed by atoms with E-state index in [0.29, 0.717) is 43.1 Å². The van der Waals surface area contributed by atoms with Gasteiger partial charge in [-0.1, -0.05) is 38.1 Å². The number of carbonyl (C=O) groups is 1. The fourth-order valence-corrected chi connectivity index (χ4v) is 6.27. The van der Waals surface area contributed by atoms with Crippen molar-refractivity contribution >= 4 is 21.7 Å². The standard InChI is InChI=1S/C28H42N6O3S/c1-20(2)23-8-6-22(7-9-23)18-29-27-21(3)26(30-19-31-27)28(35)34-16-12-25(13-17-34)33-14-10-24(11-15-33)32(4)38(5,36)37/h6-9,19-20,24-25H,10-18H2,1-5H3,(H,29,30,31). The number of sulfonamides is 1. The Bertz CT molecular complexity index is 1200. The lowest BCUT2D eigenvalue weighted by Gasteiger charge is -2.43. The van der Waals surface area contributed by atoms with Gasteiger partial charge >= 0.3 is 0 Å². The van der Waals surface area contributed by atoms with E-state index in [0.717, 1.165) is 49.9 Å². The van der Waals surface area contributed by atoms with Gasteiger partial charge in [0.15, 0.2) is 0 Å². The van der Waals surface area contributed by atoms with Gasteiger partial charge < -0.3 is 15.1 Å². The van der Waals surface area contributed by atoms with Crippen LogP contribution in [0.2, 0.25) is 0 Å². The van der Waals surface area contributed by atoms with Crippen LogP contribution in [0.25, 0.3) is 0 Å². The molecule has 0 radical (unpaired) electrons. The number of aromatic nitrogens is 2. The maximum absolute atomic E-state index is 13.4. The first-order chi connectivity index (χ1) is 18.0. The van der Waals surface area contributed by atoms with Crippen LogP contribution in [0.15, 0.2) is 30.6 Å². The summed E-state index contributed by atoms with van der Waals surface area (Å²) < 4.78 is 25.3. The van der Waals surface area contributed by atoms with Crippen molar-refractivity contribution in [3.63, 3.8) is 0 Å². The molecule has 3 heterocycles. The molecule has 0 unspecified atom stereocenters. The number of amides is 1. The highest BCUT2D eigenvalue weighted by Crippen LogP contribution is 2.25. The third-order valence-corrected chi connectivity index (χ3v) is 9.54. The Morgan fingerprint density at radius 2 is 1.68 bits per heavy atom. The Hall–Kier alpha value is -2.56. The topological polar surface area (TPSA) is 98.7 Å². The highest BCUT2D eigenvalue weighted by atomic mass is 32.2. The Kier molecular flexibility index (Phi) is 9.05. The first-order valence-electron chi connectivity index (χ1n) is 13.6. The lowest BCUT2D eigenvalue weighted by molar-refractivity contribution is 0.0542. The molecule has 1 N–H and O–H groups in total. The van der Waals surface area contributed by atoms with Gasteiger partial charge in [0.25, 0.3) is 5.91 Å². The van der Waals surface area contributed by atoms with Crippen LogP contribution in [0.5, 0.6) is 0 Å². The molecule has 2 aromatic rings. The molecule has 0 saturated carbocycles. The van der Waals surface area contributed by atoms with E-state index >= 15 is 0 Å². The number of hydrogen-bond acceptors (Lipinski definition) is 7. The van der Waals surface area contributed by atoms with E-state index in [9.17, 15) is 13.2 Å². The monoisotopic (exact) mass is 542 g/mol. The summed E-state index contributed by atoms with van der Waals surface area (Å²) in [4.78, 5) is 26.5. The van der Waals surface area contributed by atoms with Crippen LogP contribution in [-0.4, -0.2) is 90.0 Å². The molecular formula is C28H42N6O3S. The summed E-state index contributed by atoms with van der Waals surface area (Å²) in [5.74, 6) is 1.15. The number of piperidine rings is 2. The van der Waals surface area contributed by atoms with Crippen molar-refractivity contribution in [2.75, 3.05) is 44.8 Å². The summed E-state index contributed by atoms with van der Waals surface area (Å²) in [5, 5.41) is 3.38. The summed E-state index contributed by atoms with van der Waals surface area (Å²) in [6, 6.07) is 9.07. The van der Waals surface area contributed by atoms with Crippen molar-refractivity contribution in [2.24, 2.45) is 0 Å². The first kappa shape index (κ1) is 28.4. The van der Waals surface area contributed by atoms with Crippen LogP contribution in [-0.2, 0) is 16.6 Å². The average molecular weight is 543 g/mol. The molecule has 1 aromatic carbocycles. The molecule has 208 valence electrons. The van der Waals surface area contributed by atoms with Crippen LogP contribution in [0.4, 0.5) is 5.82 Å². The van der Waals surface area contributed by atoms with Gasteiger partial charge in [0.2, 0.25) is 10.0 Å². The smallest absolute Gasteiger partial charge is 0.272 e. The van der Waals surface area contributed by atoms with Gasteiger partial charge in [0, 0.05) is 44.3 Å². The second-order valence-corrected chi connectivity index (χ2v) is 13.1. The summed E-state index contributed by atoms with van der Waals surface area (Å²) >= 11 is 0. The summed E-state index contributed by atoms with van der Waals surface area (Å²) in [6.45, 7) is 10.1. The van der Waals surface area contributed by atoms with Crippen molar-refractivity contribution in [3.05, 3.63) is 53.0 Å². The minimum absolute atomic E-state index is 0.0406. The van der Waals surface area contributed by atoms with Gasteiger partial charge in [-0.2, -0.15) is 0 Å². The number of likely N-dealkylation sites (tertiary alicyclic amines) is 2. The lowest BCUT2D eigenvalue weighted by atomic mass is 9.97. The zero-order valence-corrected chi connectivity index (χ0v) is 24.2. The maximum atomic E-state index is 13.4. The molecular weight excluding hydrogens is 500 g/mol. The van der Waals surface area contributed by atoms with Gasteiger partial charge in [0.05, 0.1) is 6.26 Å². The van der Waals surface area contributed by atoms with E-state index in [4.69, 9.17) is 0 Å². The predicted octanol–water partition coefficient (Wildman–Crippen LogP) is 3.48. The van der Waals surface area contributed by atoms with Gasteiger partial charge in [0.1, 0.15) is 17.8 Å². The molecule has 0 atom stereocenters. The highest BCUT2D eigenvalue weighted by Gasteiger charge is 2.33. The SMILES string of the molecule is Cc1c(NCc2ccc(C(C)C)cc2)ncnc1C(=O)N1CCC(N2CCC(N(C)S(C)(=O)=O)CC2)CC1. The zero-order valence-electron chi connectivity index (χ0n) is 23.4. The molecule has 10 heteroatoms. The Balaban J connectivity index is 1.30. The molecule has 0 spiro atoms. The average Bonchev–Trinajstić information content (AvgIpc) is 2.91. The molecule has 2 saturated heterocycles. The summed E-state index contributed by atoms with van der Waals surface area (Å²) in [7, 11) is -1.48. The molecule has 0 bridgehead atoms. The molecule has 0 aliphatic carbocycles. The largest absolute Gasteiger partial charge is 0.366 e. The van der Waals surface area contributed by atoms with E-state index < -0.39 is 10.0 Å². The zero-order chi connectivity index (χ0) is 27.4. The lowest BCUT2D eigenvalue weighted by Crippen LogP contribution is -2.52. The number of carbonyl (C=O) groups excluding carboxylic acids is 1. The van der Waals surface area contributed by atoms with Crippen molar-refractivity contribution in [1.29, 1.82) is 0 Å². The number of nitrogens with one attached hydrogen (secondary N) is 1. The van der Waals surface area contributed by atoms with Gasteiger partial charge in [-0.05, 0) is 62.7 Å². The minimum Gasteiger partial charge on any atom is -0.366 e. The normalized spacial score (nSPS) is 18.3. The van der Waals surface area contributed by atoms with Gasteiger partial charge in [-0.15, -0.1) is 0 Å². The van der Waals surface area contributed by atoms with Crippen molar-refractivity contribution < 1.29 is 13.2 Å². The third kappa shape index (κ3) is 6.71. The van der Waals surface area contributed by atoms with Crippen LogP contribution in [0.3, 0.4) is 0 Å². The summed E-state index contributed by atoms with van der Waals surface area (Å²) in [5.41, 5.74) is 3.71. The van der Waals surface area contributed by atoms with E-state index in [1.165, 1.54) is 22.5 Å². The van der Waals surface area contributed by atoms with Crippen LogP contribution in [0, 0.1) is 6.92 Å². The minimum atomic E-state index is -3.16. The third-order valence-electron chi connectivity index (χ3n) is 8.20. The number of benzene rings is 1. The number of hydrogen-bond donors (Lipinski definition) is 1. The van der Waals surface area contributed by atoms with Crippen molar-refractivity contribution in [2.45, 2.75) is 71.0 Å². The second kappa shape index (κ2) is 12.1. The Labute approximate surface area is 227 Å². The number of rotatable bonds is 8. The molecule has 1 amide bonds. The van der Waals surface area contributed by atoms with E-state index in [1.807, 2.05) is 11.8 Å². The molecule has 4 rings (SSSR count). The number of nitrogens with zero attached hydrogens (tertiary/aromatic N) is 5. The fourth-order valence-electron chi connectivity index (χ4n) is 5.52. The molecule has 38 heavy (non-hydrogen) atoms. The molecule has 2 aliphatic rings. The Morgan fingerprint density at radius 3 is 2.26 bits per heavy atom. The highest BCUT2D eigenvalue weighted by molar-refractivity contribution is 7.88. The van der Waals surface area contributed by atoms with E-state index in [1.54, 1.807) is 7.05 Å². The van der Waals surface area contributed by atoms with Crippen LogP contribution < -0.4 is 5.32 Å². The molecule has 2 aliphatic heterocycles. The molecule has 9 nitrogen and oxygen atoms in total. The second-order valence-electron chi connectivity index (χ2n) is 11.0.